The first-order valence-corrected chi connectivity index (χ1v) is 14.5. The molecule has 4 aromatic carbocycles. The maximum Gasteiger partial charge on any atom is 0.0192 e. The van der Waals surface area contributed by atoms with Gasteiger partial charge in [0.15, 0.2) is 0 Å². The van der Waals surface area contributed by atoms with Crippen molar-refractivity contribution < 1.29 is 20.1 Å². The van der Waals surface area contributed by atoms with E-state index in [4.69, 9.17) is 0 Å². The minimum absolute atomic E-state index is 0. The average Bonchev–Trinajstić information content (AvgIpc) is 3.04. The second kappa shape index (κ2) is 15.3. The van der Waals surface area contributed by atoms with Gasteiger partial charge in [-0.25, -0.2) is 0 Å². The Labute approximate surface area is 270 Å². The molecule has 0 N–H and O–H groups in total. The first-order chi connectivity index (χ1) is 20.5. The minimum atomic E-state index is 0. The number of pyridine rings is 2. The zero-order valence-electron chi connectivity index (χ0n) is 25.1. The van der Waals surface area contributed by atoms with Gasteiger partial charge in [-0.15, -0.1) is 70.8 Å². The summed E-state index contributed by atoms with van der Waals surface area (Å²) in [5, 5.41) is 0. The normalized spacial score (nSPS) is 10.4. The molecule has 2 nitrogen and oxygen atoms in total. The number of nitrogens with zero attached hydrogens (tertiary/aromatic N) is 2. The number of aromatic nitrogens is 2. The van der Waals surface area contributed by atoms with Crippen LogP contribution in [0, 0.1) is 26.0 Å². The summed E-state index contributed by atoms with van der Waals surface area (Å²) in [5.74, 6) is 0.504. The second-order valence-corrected chi connectivity index (χ2v) is 10.9. The fourth-order valence-corrected chi connectivity index (χ4v) is 4.76. The molecule has 0 aliphatic heterocycles. The molecule has 0 bridgehead atoms. The Morgan fingerprint density at radius 2 is 1.40 bits per heavy atom. The van der Waals surface area contributed by atoms with Gasteiger partial charge in [0.1, 0.15) is 0 Å². The van der Waals surface area contributed by atoms with Crippen LogP contribution < -0.4 is 0 Å². The molecule has 2 heterocycles. The van der Waals surface area contributed by atoms with Crippen molar-refractivity contribution in [1.82, 2.24) is 9.97 Å². The summed E-state index contributed by atoms with van der Waals surface area (Å²) in [4.78, 5) is 9.04. The van der Waals surface area contributed by atoms with Crippen LogP contribution in [0.4, 0.5) is 0 Å². The van der Waals surface area contributed by atoms with Crippen molar-refractivity contribution in [3.8, 4) is 33.6 Å². The molecule has 0 spiro atoms. The Kier molecular flexibility index (Phi) is 11.3. The molecule has 6 aromatic rings. The van der Waals surface area contributed by atoms with E-state index in [1.165, 1.54) is 38.9 Å². The smallest absolute Gasteiger partial charge is 0.0192 e. The summed E-state index contributed by atoms with van der Waals surface area (Å²) in [5.41, 5.74) is 12.9. The van der Waals surface area contributed by atoms with E-state index in [1.54, 1.807) is 0 Å². The second-order valence-electron chi connectivity index (χ2n) is 10.9. The Morgan fingerprint density at radius 1 is 0.674 bits per heavy atom. The van der Waals surface area contributed by atoms with Crippen molar-refractivity contribution in [2.45, 2.75) is 40.0 Å². The third kappa shape index (κ3) is 8.67. The Morgan fingerprint density at radius 3 is 2.09 bits per heavy atom. The molecule has 2 aromatic heterocycles. The largest absolute Gasteiger partial charge is 0.305 e. The van der Waals surface area contributed by atoms with Crippen LogP contribution >= 0.6 is 0 Å². The summed E-state index contributed by atoms with van der Waals surface area (Å²) in [6.07, 6.45) is 4.78. The summed E-state index contributed by atoms with van der Waals surface area (Å²) in [6.45, 7) is 8.59. The molecule has 43 heavy (non-hydrogen) atoms. The summed E-state index contributed by atoms with van der Waals surface area (Å²) >= 11 is 0. The quantitative estimate of drug-likeness (QED) is 0.159. The van der Waals surface area contributed by atoms with Crippen LogP contribution in [-0.4, -0.2) is 9.97 Å². The number of hydrogen-bond acceptors (Lipinski definition) is 2. The SMILES string of the molecule is CC(C)c1ccnc(-c2[c-]ccc(-c3ccccc3)c2)c1.Cc1c[c-]c(-c2cc(Cc3ccccc3)c(C)cn2)cc1.[Ir]. The molecule has 217 valence electrons. The van der Waals surface area contributed by atoms with Gasteiger partial charge in [0.25, 0.3) is 0 Å². The molecule has 0 amide bonds. The molecule has 0 unspecified atom stereocenters. The molecule has 0 aliphatic carbocycles. The summed E-state index contributed by atoms with van der Waals surface area (Å²) in [6, 6.07) is 46.4. The number of rotatable bonds is 6. The molecule has 1 radical (unpaired) electrons. The summed E-state index contributed by atoms with van der Waals surface area (Å²) < 4.78 is 0. The van der Waals surface area contributed by atoms with Crippen LogP contribution in [0.1, 0.15) is 47.6 Å². The van der Waals surface area contributed by atoms with Gasteiger partial charge in [0.2, 0.25) is 0 Å². The molecular weight excluding hydrogens is 701 g/mol. The van der Waals surface area contributed by atoms with Crippen LogP contribution in [0.3, 0.4) is 0 Å². The monoisotopic (exact) mass is 737 g/mol. The Hall–Kier alpha value is -4.17. The van der Waals surface area contributed by atoms with Gasteiger partial charge in [0.05, 0.1) is 0 Å². The zero-order valence-corrected chi connectivity index (χ0v) is 27.5. The Bertz CT molecular complexity index is 1730. The zero-order chi connectivity index (χ0) is 29.3. The van der Waals surface area contributed by atoms with Crippen LogP contribution in [0.5, 0.6) is 0 Å². The molecule has 0 aliphatic rings. The van der Waals surface area contributed by atoms with Crippen molar-refractivity contribution >= 4 is 0 Å². The van der Waals surface area contributed by atoms with E-state index < -0.39 is 0 Å². The van der Waals surface area contributed by atoms with Crippen molar-refractivity contribution in [3.63, 3.8) is 0 Å². The van der Waals surface area contributed by atoms with Gasteiger partial charge in [0, 0.05) is 32.5 Å². The number of hydrogen-bond donors (Lipinski definition) is 0. The minimum Gasteiger partial charge on any atom is -0.305 e. The predicted molar refractivity (Wildman–Crippen MR) is 175 cm³/mol. The van der Waals surface area contributed by atoms with E-state index in [-0.39, 0.29) is 20.1 Å². The maximum absolute atomic E-state index is 4.55. The van der Waals surface area contributed by atoms with Gasteiger partial charge in [-0.05, 0) is 59.0 Å². The van der Waals surface area contributed by atoms with Gasteiger partial charge in [-0.2, -0.15) is 0 Å². The topological polar surface area (TPSA) is 25.8 Å². The number of benzene rings is 4. The van der Waals surface area contributed by atoms with Gasteiger partial charge >= 0.3 is 0 Å². The van der Waals surface area contributed by atoms with E-state index in [0.717, 1.165) is 28.9 Å². The molecule has 0 atom stereocenters. The maximum atomic E-state index is 4.55. The van der Waals surface area contributed by atoms with E-state index in [0.29, 0.717) is 5.92 Å². The molecule has 6 rings (SSSR count). The van der Waals surface area contributed by atoms with Crippen molar-refractivity contribution in [2.24, 2.45) is 0 Å². The van der Waals surface area contributed by atoms with E-state index >= 15 is 0 Å². The van der Waals surface area contributed by atoms with Crippen LogP contribution in [0.25, 0.3) is 33.6 Å². The van der Waals surface area contributed by atoms with E-state index in [9.17, 15) is 0 Å². The molecule has 0 saturated carbocycles. The summed E-state index contributed by atoms with van der Waals surface area (Å²) in [7, 11) is 0. The fourth-order valence-electron chi connectivity index (χ4n) is 4.76. The van der Waals surface area contributed by atoms with Crippen molar-refractivity contribution in [3.05, 3.63) is 168 Å². The first kappa shape index (κ1) is 31.8. The Balaban J connectivity index is 0.000000192. The van der Waals surface area contributed by atoms with E-state index in [2.05, 4.69) is 147 Å². The van der Waals surface area contributed by atoms with Gasteiger partial charge in [-0.3, -0.25) is 0 Å². The van der Waals surface area contributed by atoms with Gasteiger partial charge < -0.3 is 9.97 Å². The molecule has 0 saturated heterocycles. The molecule has 3 heteroatoms. The fraction of sp³-hybridized carbons (Fsp3) is 0.150. The van der Waals surface area contributed by atoms with Crippen LogP contribution in [-0.2, 0) is 26.5 Å². The number of aryl methyl sites for hydroxylation is 2. The van der Waals surface area contributed by atoms with E-state index in [1.807, 2.05) is 30.6 Å². The third-order valence-corrected chi connectivity index (χ3v) is 7.33. The van der Waals surface area contributed by atoms with Crippen LogP contribution in [0.2, 0.25) is 0 Å². The molecule has 0 fully saturated rings. The van der Waals surface area contributed by atoms with Crippen molar-refractivity contribution in [1.29, 1.82) is 0 Å². The third-order valence-electron chi connectivity index (χ3n) is 7.33. The van der Waals surface area contributed by atoms with Crippen LogP contribution in [0.15, 0.2) is 128 Å². The van der Waals surface area contributed by atoms with Gasteiger partial charge in [-0.1, -0.05) is 99.1 Å². The standard InChI is InChI=1S/2C20H18N.Ir/c1-15(2)17-11-12-21-20(14-17)19-10-6-9-18(13-19)16-7-4-3-5-8-16;1-15-8-10-18(11-9-15)20-13-19(16(2)14-21-20)12-17-6-4-3-5-7-17;/h3-9,11-15H,1-2H3;3-10,13-14H,12H2,1-2H3;/q2*-1;. The molecular formula is C40H36IrN2-2. The first-order valence-electron chi connectivity index (χ1n) is 14.5. The average molecular weight is 737 g/mol. The van der Waals surface area contributed by atoms with Crippen molar-refractivity contribution in [2.75, 3.05) is 0 Å². The predicted octanol–water partition coefficient (Wildman–Crippen LogP) is 10.1.